The number of ether oxygens (including phenoxy) is 2. The van der Waals surface area contributed by atoms with Crippen molar-refractivity contribution in [3.8, 4) is 11.5 Å². The van der Waals surface area contributed by atoms with Gasteiger partial charge >= 0.3 is 0 Å². The Morgan fingerprint density at radius 3 is 2.31 bits per heavy atom. The molecule has 1 N–H and O–H groups in total. The van der Waals surface area contributed by atoms with Gasteiger partial charge in [-0.05, 0) is 19.1 Å². The van der Waals surface area contributed by atoms with Gasteiger partial charge in [0.15, 0.2) is 11.5 Å². The number of hydrogen-bond donors (Lipinski definition) is 1. The van der Waals surface area contributed by atoms with Gasteiger partial charge in [-0.15, -0.1) is 0 Å². The van der Waals surface area contributed by atoms with Gasteiger partial charge in [0, 0.05) is 11.5 Å². The number of aliphatic hydroxyl groups excluding tert-OH is 1. The number of rotatable bonds is 3. The van der Waals surface area contributed by atoms with Crippen LogP contribution in [-0.2, 0) is 0 Å². The Labute approximate surface area is 93.4 Å². The molecule has 86 valence electrons. The van der Waals surface area contributed by atoms with E-state index in [0.29, 0.717) is 22.8 Å². The summed E-state index contributed by atoms with van der Waals surface area (Å²) in [5, 5.41) is 10.3. The van der Waals surface area contributed by atoms with Gasteiger partial charge in [0.1, 0.15) is 17.4 Å². The third-order valence-electron chi connectivity index (χ3n) is 2.45. The lowest BCUT2D eigenvalue weighted by Gasteiger charge is -2.06. The molecule has 1 heterocycles. The van der Waals surface area contributed by atoms with Gasteiger partial charge in [-0.25, -0.2) is 0 Å². The Kier molecular flexibility index (Phi) is 2.75. The first-order valence-corrected chi connectivity index (χ1v) is 4.99. The molecule has 4 heteroatoms. The molecule has 0 fully saturated rings. The molecule has 0 aliphatic heterocycles. The molecule has 0 aliphatic rings. The maximum Gasteiger partial charge on any atom is 0.164 e. The van der Waals surface area contributed by atoms with E-state index < -0.39 is 6.10 Å². The second-order valence-electron chi connectivity index (χ2n) is 3.57. The van der Waals surface area contributed by atoms with Crippen molar-refractivity contribution in [3.63, 3.8) is 0 Å². The lowest BCUT2D eigenvalue weighted by molar-refractivity contribution is 0.172. The van der Waals surface area contributed by atoms with Crippen molar-refractivity contribution in [3.05, 3.63) is 24.0 Å². The summed E-state index contributed by atoms with van der Waals surface area (Å²) < 4.78 is 15.8. The largest absolute Gasteiger partial charge is 0.493 e. The van der Waals surface area contributed by atoms with Crippen LogP contribution < -0.4 is 9.47 Å². The summed E-state index contributed by atoms with van der Waals surface area (Å²) in [6.07, 6.45) is -0.621. The van der Waals surface area contributed by atoms with Crippen molar-refractivity contribution in [1.29, 1.82) is 0 Å². The predicted octanol–water partition coefficient (Wildman–Crippen LogP) is 2.50. The number of furan rings is 1. The third kappa shape index (κ3) is 1.72. The normalized spacial score (nSPS) is 12.8. The zero-order valence-corrected chi connectivity index (χ0v) is 9.48. The van der Waals surface area contributed by atoms with Gasteiger partial charge in [-0.1, -0.05) is 0 Å². The average Bonchev–Trinajstić information content (AvgIpc) is 2.69. The van der Waals surface area contributed by atoms with Gasteiger partial charge in [0.25, 0.3) is 0 Å². The fraction of sp³-hybridized carbons (Fsp3) is 0.333. The summed E-state index contributed by atoms with van der Waals surface area (Å²) in [6, 6.07) is 5.37. The van der Waals surface area contributed by atoms with E-state index >= 15 is 0 Å². The summed E-state index contributed by atoms with van der Waals surface area (Å²) in [4.78, 5) is 0. The quantitative estimate of drug-likeness (QED) is 0.866. The van der Waals surface area contributed by atoms with Crippen LogP contribution in [0.3, 0.4) is 0 Å². The summed E-state index contributed by atoms with van der Waals surface area (Å²) >= 11 is 0. The van der Waals surface area contributed by atoms with Crippen molar-refractivity contribution in [2.45, 2.75) is 13.0 Å². The van der Waals surface area contributed by atoms with Crippen LogP contribution >= 0.6 is 0 Å². The number of aliphatic hydroxyl groups is 1. The lowest BCUT2D eigenvalue weighted by atomic mass is 10.2. The van der Waals surface area contributed by atoms with Crippen molar-refractivity contribution in [2.75, 3.05) is 14.2 Å². The zero-order valence-electron chi connectivity index (χ0n) is 9.48. The Morgan fingerprint density at radius 1 is 1.12 bits per heavy atom. The van der Waals surface area contributed by atoms with Crippen molar-refractivity contribution < 1.29 is 19.0 Å². The fourth-order valence-electron chi connectivity index (χ4n) is 1.59. The molecular weight excluding hydrogens is 208 g/mol. The molecule has 0 amide bonds. The fourth-order valence-corrected chi connectivity index (χ4v) is 1.59. The summed E-state index contributed by atoms with van der Waals surface area (Å²) in [5.74, 6) is 1.79. The molecule has 1 aromatic carbocycles. The van der Waals surface area contributed by atoms with Crippen LogP contribution in [0, 0.1) is 0 Å². The highest BCUT2D eigenvalue weighted by Crippen LogP contribution is 2.34. The molecule has 1 unspecified atom stereocenters. The Balaban J connectivity index is 2.60. The number of benzene rings is 1. The van der Waals surface area contributed by atoms with Crippen molar-refractivity contribution >= 4 is 11.0 Å². The Bertz CT molecular complexity index is 458. The van der Waals surface area contributed by atoms with Crippen LogP contribution in [0.4, 0.5) is 0 Å². The number of methoxy groups -OCH3 is 2. The monoisotopic (exact) mass is 222 g/mol. The first-order valence-electron chi connectivity index (χ1n) is 4.99. The molecule has 0 saturated carbocycles. The van der Waals surface area contributed by atoms with E-state index in [1.54, 1.807) is 33.3 Å². The molecule has 1 atom stereocenters. The molecule has 0 aliphatic carbocycles. The van der Waals surface area contributed by atoms with E-state index in [0.717, 1.165) is 5.39 Å². The molecule has 0 saturated heterocycles. The molecule has 2 aromatic rings. The topological polar surface area (TPSA) is 51.8 Å². The first kappa shape index (κ1) is 10.8. The van der Waals surface area contributed by atoms with E-state index in [-0.39, 0.29) is 0 Å². The highest BCUT2D eigenvalue weighted by Gasteiger charge is 2.12. The molecule has 16 heavy (non-hydrogen) atoms. The maximum absolute atomic E-state index is 9.42. The first-order chi connectivity index (χ1) is 7.65. The van der Waals surface area contributed by atoms with Crippen LogP contribution in [0.25, 0.3) is 11.0 Å². The molecule has 0 bridgehead atoms. The highest BCUT2D eigenvalue weighted by atomic mass is 16.5. The smallest absolute Gasteiger partial charge is 0.164 e. The van der Waals surface area contributed by atoms with Gasteiger partial charge < -0.3 is 19.0 Å². The molecule has 1 aromatic heterocycles. The lowest BCUT2D eigenvalue weighted by Crippen LogP contribution is -1.89. The minimum atomic E-state index is -0.621. The Morgan fingerprint density at radius 2 is 1.75 bits per heavy atom. The molecular formula is C12H14O4. The van der Waals surface area contributed by atoms with Crippen LogP contribution in [0.15, 0.2) is 22.6 Å². The van der Waals surface area contributed by atoms with Gasteiger partial charge in [-0.2, -0.15) is 0 Å². The second-order valence-corrected chi connectivity index (χ2v) is 3.57. The Hall–Kier alpha value is -1.68. The molecule has 2 rings (SSSR count). The van der Waals surface area contributed by atoms with E-state index in [1.807, 2.05) is 6.07 Å². The predicted molar refractivity (Wildman–Crippen MR) is 60.0 cm³/mol. The number of hydrogen-bond acceptors (Lipinski definition) is 4. The minimum absolute atomic E-state index is 0.533. The van der Waals surface area contributed by atoms with E-state index in [2.05, 4.69) is 0 Å². The van der Waals surface area contributed by atoms with Crippen molar-refractivity contribution in [2.24, 2.45) is 0 Å². The van der Waals surface area contributed by atoms with E-state index in [4.69, 9.17) is 13.9 Å². The summed E-state index contributed by atoms with van der Waals surface area (Å²) in [6.45, 7) is 1.66. The van der Waals surface area contributed by atoms with Gasteiger partial charge in [0.2, 0.25) is 0 Å². The number of fused-ring (bicyclic) bond motifs is 1. The van der Waals surface area contributed by atoms with Crippen molar-refractivity contribution in [1.82, 2.24) is 0 Å². The second kappa shape index (κ2) is 4.06. The van der Waals surface area contributed by atoms with Gasteiger partial charge in [0.05, 0.1) is 14.2 Å². The SMILES string of the molecule is COc1cc2cc(C(C)O)oc2cc1OC. The third-order valence-corrected chi connectivity index (χ3v) is 2.45. The van der Waals surface area contributed by atoms with Gasteiger partial charge in [-0.3, -0.25) is 0 Å². The summed E-state index contributed by atoms with van der Waals surface area (Å²) in [5.41, 5.74) is 0.675. The van der Waals surface area contributed by atoms with Crippen LogP contribution in [-0.4, -0.2) is 19.3 Å². The van der Waals surface area contributed by atoms with Crippen LogP contribution in [0.2, 0.25) is 0 Å². The maximum atomic E-state index is 9.42. The minimum Gasteiger partial charge on any atom is -0.493 e. The van der Waals surface area contributed by atoms with E-state index in [9.17, 15) is 5.11 Å². The highest BCUT2D eigenvalue weighted by molar-refractivity contribution is 5.82. The van der Waals surface area contributed by atoms with E-state index in [1.165, 1.54) is 0 Å². The molecule has 0 spiro atoms. The zero-order chi connectivity index (χ0) is 11.7. The standard InChI is InChI=1S/C12H14O4/c1-7(13)9-4-8-5-11(14-2)12(15-3)6-10(8)16-9/h4-7,13H,1-3H3. The van der Waals surface area contributed by atoms with Crippen LogP contribution in [0.1, 0.15) is 18.8 Å². The summed E-state index contributed by atoms with van der Waals surface area (Å²) in [7, 11) is 3.15. The average molecular weight is 222 g/mol. The molecule has 4 nitrogen and oxygen atoms in total. The van der Waals surface area contributed by atoms with Crippen LogP contribution in [0.5, 0.6) is 11.5 Å². The molecule has 0 radical (unpaired) electrons.